The van der Waals surface area contributed by atoms with E-state index < -0.39 is 12.1 Å². The van der Waals surface area contributed by atoms with Gasteiger partial charge in [0.05, 0.1) is 17.2 Å². The zero-order valence-electron chi connectivity index (χ0n) is 7.64. The van der Waals surface area contributed by atoms with Gasteiger partial charge >= 0.3 is 0 Å². The second kappa shape index (κ2) is 5.41. The van der Waals surface area contributed by atoms with Crippen molar-refractivity contribution in [2.45, 2.75) is 19.1 Å². The second-order valence-electron chi connectivity index (χ2n) is 2.98. The van der Waals surface area contributed by atoms with Crippen LogP contribution in [0.5, 0.6) is 5.75 Å². The maximum absolute atomic E-state index is 9.20. The van der Waals surface area contributed by atoms with E-state index in [0.29, 0.717) is 5.56 Å². The van der Waals surface area contributed by atoms with Crippen LogP contribution in [0.2, 0.25) is 5.02 Å². The molecule has 1 rings (SSSR count). The molecule has 1 aromatic rings. The molecule has 0 aromatic heterocycles. The van der Waals surface area contributed by atoms with Gasteiger partial charge in [-0.2, -0.15) is 0 Å². The summed E-state index contributed by atoms with van der Waals surface area (Å²) >= 11 is 5.68. The summed E-state index contributed by atoms with van der Waals surface area (Å²) in [6.07, 6.45) is -0.638. The first-order valence-corrected chi connectivity index (χ1v) is 4.32. The van der Waals surface area contributed by atoms with Gasteiger partial charge in [-0.05, 0) is 24.6 Å². The van der Waals surface area contributed by atoms with E-state index in [1.807, 2.05) is 0 Å². The Hall–Kier alpha value is -0.480. The van der Waals surface area contributed by atoms with E-state index >= 15 is 0 Å². The second-order valence-corrected chi connectivity index (χ2v) is 3.38. The van der Waals surface area contributed by atoms with E-state index in [2.05, 4.69) is 0 Å². The monoisotopic (exact) mass is 237 g/mol. The Labute approximate surface area is 93.9 Å². The highest BCUT2D eigenvalue weighted by Gasteiger charge is 2.12. The van der Waals surface area contributed by atoms with Gasteiger partial charge in [0.15, 0.2) is 0 Å². The Morgan fingerprint density at radius 2 is 2.00 bits per heavy atom. The van der Waals surface area contributed by atoms with Gasteiger partial charge in [-0.25, -0.2) is 0 Å². The molecule has 0 aliphatic heterocycles. The molecule has 1 aromatic carbocycles. The quantitative estimate of drug-likeness (QED) is 0.736. The molecule has 80 valence electrons. The number of hydrogen-bond acceptors (Lipinski definition) is 3. The van der Waals surface area contributed by atoms with Crippen LogP contribution >= 0.6 is 24.0 Å². The number of phenols is 1. The first kappa shape index (κ1) is 13.5. The molecule has 0 heterocycles. The highest BCUT2D eigenvalue weighted by molar-refractivity contribution is 6.32. The van der Waals surface area contributed by atoms with Gasteiger partial charge in [0.25, 0.3) is 0 Å². The summed E-state index contributed by atoms with van der Waals surface area (Å²) in [5.74, 6) is 0.0169. The van der Waals surface area contributed by atoms with Gasteiger partial charge in [-0.1, -0.05) is 17.7 Å². The van der Waals surface area contributed by atoms with Crippen molar-refractivity contribution >= 4 is 24.0 Å². The minimum absolute atomic E-state index is 0. The summed E-state index contributed by atoms with van der Waals surface area (Å²) < 4.78 is 0. The third-order valence-electron chi connectivity index (χ3n) is 1.88. The smallest absolute Gasteiger partial charge is 0.134 e. The Kier molecular flexibility index (Phi) is 5.23. The molecule has 14 heavy (non-hydrogen) atoms. The van der Waals surface area contributed by atoms with Crippen LogP contribution in [0, 0.1) is 0 Å². The average molecular weight is 238 g/mol. The van der Waals surface area contributed by atoms with Crippen molar-refractivity contribution in [1.82, 2.24) is 0 Å². The Morgan fingerprint density at radius 3 is 2.43 bits per heavy atom. The van der Waals surface area contributed by atoms with Crippen LogP contribution in [0.3, 0.4) is 0 Å². The number of phenolic OH excluding ortho intramolecular Hbond substituents is 1. The van der Waals surface area contributed by atoms with Gasteiger partial charge in [-0.15, -0.1) is 12.4 Å². The molecular weight excluding hydrogens is 225 g/mol. The molecule has 0 aliphatic rings. The Balaban J connectivity index is 0.00000169. The van der Waals surface area contributed by atoms with E-state index in [1.54, 1.807) is 19.1 Å². The van der Waals surface area contributed by atoms with Gasteiger partial charge in [0, 0.05) is 0 Å². The van der Waals surface area contributed by atoms with E-state index in [4.69, 9.17) is 22.4 Å². The van der Waals surface area contributed by atoms with Crippen LogP contribution in [-0.2, 0) is 0 Å². The minimum atomic E-state index is -0.638. The fourth-order valence-electron chi connectivity index (χ4n) is 1.01. The number of aliphatic hydroxyl groups is 1. The number of rotatable bonds is 2. The van der Waals surface area contributed by atoms with E-state index in [1.165, 1.54) is 6.07 Å². The third kappa shape index (κ3) is 3.03. The summed E-state index contributed by atoms with van der Waals surface area (Å²) in [6, 6.07) is 4.17. The molecule has 0 saturated carbocycles. The standard InChI is InChI=1S/C9H12ClNO2.ClH/c1-5(12)9(11)6-2-3-8(13)7(10)4-6;/h2-5,9,12-13H,11H2,1H3;1H/t5-,9-;/m0./s1. The first-order chi connectivity index (χ1) is 6.02. The Bertz CT molecular complexity index is 305. The molecule has 0 amide bonds. The Morgan fingerprint density at radius 1 is 1.43 bits per heavy atom. The first-order valence-electron chi connectivity index (χ1n) is 3.94. The zero-order chi connectivity index (χ0) is 10.0. The number of nitrogens with two attached hydrogens (primary N) is 1. The molecule has 0 aliphatic carbocycles. The molecule has 0 unspecified atom stereocenters. The zero-order valence-corrected chi connectivity index (χ0v) is 9.22. The number of aromatic hydroxyl groups is 1. The van der Waals surface area contributed by atoms with Gasteiger partial charge in [0.1, 0.15) is 5.75 Å². The van der Waals surface area contributed by atoms with Crippen LogP contribution < -0.4 is 5.73 Å². The number of halogens is 2. The lowest BCUT2D eigenvalue weighted by Gasteiger charge is -2.15. The van der Waals surface area contributed by atoms with Gasteiger partial charge < -0.3 is 15.9 Å². The predicted octanol–water partition coefficient (Wildman–Crippen LogP) is 1.85. The lowest BCUT2D eigenvalue weighted by molar-refractivity contribution is 0.164. The summed E-state index contributed by atoms with van der Waals surface area (Å²) in [4.78, 5) is 0. The summed E-state index contributed by atoms with van der Waals surface area (Å²) in [6.45, 7) is 1.60. The topological polar surface area (TPSA) is 66.5 Å². The summed E-state index contributed by atoms with van der Waals surface area (Å²) in [5, 5.41) is 18.6. The van der Waals surface area contributed by atoms with Crippen LogP contribution in [0.4, 0.5) is 0 Å². The van der Waals surface area contributed by atoms with Crippen molar-refractivity contribution in [2.75, 3.05) is 0 Å². The molecule has 0 spiro atoms. The fourth-order valence-corrected chi connectivity index (χ4v) is 1.20. The van der Waals surface area contributed by atoms with Crippen molar-refractivity contribution < 1.29 is 10.2 Å². The lowest BCUT2D eigenvalue weighted by atomic mass is 10.0. The van der Waals surface area contributed by atoms with Crippen molar-refractivity contribution in [3.63, 3.8) is 0 Å². The molecule has 0 fully saturated rings. The molecule has 3 nitrogen and oxygen atoms in total. The van der Waals surface area contributed by atoms with Crippen LogP contribution in [0.25, 0.3) is 0 Å². The highest BCUT2D eigenvalue weighted by Crippen LogP contribution is 2.26. The summed E-state index contributed by atoms with van der Waals surface area (Å²) in [7, 11) is 0. The van der Waals surface area contributed by atoms with Crippen LogP contribution in [-0.4, -0.2) is 16.3 Å². The number of aliphatic hydroxyl groups excluding tert-OH is 1. The molecule has 0 saturated heterocycles. The van der Waals surface area contributed by atoms with E-state index in [9.17, 15) is 5.11 Å². The van der Waals surface area contributed by atoms with Crippen LogP contribution in [0.1, 0.15) is 18.5 Å². The van der Waals surface area contributed by atoms with Crippen LogP contribution in [0.15, 0.2) is 18.2 Å². The predicted molar refractivity (Wildman–Crippen MR) is 59.0 cm³/mol. The largest absolute Gasteiger partial charge is 0.506 e. The molecule has 2 atom stereocenters. The number of benzene rings is 1. The highest BCUT2D eigenvalue weighted by atomic mass is 35.5. The maximum Gasteiger partial charge on any atom is 0.134 e. The van der Waals surface area contributed by atoms with Crippen molar-refractivity contribution in [1.29, 1.82) is 0 Å². The van der Waals surface area contributed by atoms with E-state index in [0.717, 1.165) is 0 Å². The van der Waals surface area contributed by atoms with Crippen molar-refractivity contribution in [3.05, 3.63) is 28.8 Å². The maximum atomic E-state index is 9.20. The molecule has 0 radical (unpaired) electrons. The van der Waals surface area contributed by atoms with Gasteiger partial charge in [-0.3, -0.25) is 0 Å². The van der Waals surface area contributed by atoms with Crippen molar-refractivity contribution in [2.24, 2.45) is 5.73 Å². The lowest BCUT2D eigenvalue weighted by Crippen LogP contribution is -2.22. The van der Waals surface area contributed by atoms with Crippen molar-refractivity contribution in [3.8, 4) is 5.75 Å². The van der Waals surface area contributed by atoms with E-state index in [-0.39, 0.29) is 23.2 Å². The molecule has 5 heteroatoms. The molecular formula is C9H13Cl2NO2. The number of hydrogen-bond donors (Lipinski definition) is 3. The normalized spacial score (nSPS) is 14.3. The third-order valence-corrected chi connectivity index (χ3v) is 2.18. The fraction of sp³-hybridized carbons (Fsp3) is 0.333. The summed E-state index contributed by atoms with van der Waals surface area (Å²) in [5.41, 5.74) is 6.37. The molecule has 4 N–H and O–H groups in total. The SMILES string of the molecule is C[C@H](O)[C@H](N)c1ccc(O)c(Cl)c1.Cl. The minimum Gasteiger partial charge on any atom is -0.506 e. The average Bonchev–Trinajstić information content (AvgIpc) is 2.08. The van der Waals surface area contributed by atoms with Gasteiger partial charge in [0.2, 0.25) is 0 Å². The molecule has 0 bridgehead atoms.